The summed E-state index contributed by atoms with van der Waals surface area (Å²) in [5, 5.41) is 16.3. The first kappa shape index (κ1) is 16.9. The Morgan fingerprint density at radius 2 is 2.08 bits per heavy atom. The van der Waals surface area contributed by atoms with Crippen molar-refractivity contribution >= 4 is 5.97 Å². The summed E-state index contributed by atoms with van der Waals surface area (Å²) in [6.07, 6.45) is 5.16. The fourth-order valence-electron chi connectivity index (χ4n) is 4.11. The highest BCUT2D eigenvalue weighted by Crippen LogP contribution is 2.27. The van der Waals surface area contributed by atoms with E-state index >= 15 is 0 Å². The Hall–Kier alpha value is -1.51. The topological polar surface area (TPSA) is 85.9 Å². The SMILES string of the molecule is O=C(O)c1cccc(C2NOC(C3CCC(N4CCCC4)NC3)N2)c1. The molecule has 0 spiro atoms. The van der Waals surface area contributed by atoms with Gasteiger partial charge >= 0.3 is 5.97 Å². The van der Waals surface area contributed by atoms with Crippen molar-refractivity contribution in [3.63, 3.8) is 0 Å². The predicted molar refractivity (Wildman–Crippen MR) is 92.6 cm³/mol. The van der Waals surface area contributed by atoms with E-state index in [4.69, 9.17) is 9.94 Å². The van der Waals surface area contributed by atoms with E-state index in [-0.39, 0.29) is 18.0 Å². The molecule has 0 aliphatic carbocycles. The molecule has 1 aromatic rings. The fraction of sp³-hybridized carbons (Fsp3) is 0.611. The minimum atomic E-state index is -0.915. The second kappa shape index (κ2) is 7.39. The lowest BCUT2D eigenvalue weighted by Gasteiger charge is -2.37. The second-order valence-electron chi connectivity index (χ2n) is 7.19. The number of hydroxylamine groups is 1. The van der Waals surface area contributed by atoms with Crippen LogP contribution in [-0.4, -0.2) is 48.0 Å². The summed E-state index contributed by atoms with van der Waals surface area (Å²) in [6.45, 7) is 3.36. The first-order chi connectivity index (χ1) is 12.2. The highest BCUT2D eigenvalue weighted by molar-refractivity contribution is 5.87. The number of hydrogen-bond donors (Lipinski definition) is 4. The number of aromatic carboxylic acids is 1. The van der Waals surface area contributed by atoms with Crippen molar-refractivity contribution in [2.45, 2.75) is 44.2 Å². The normalized spacial score (nSPS) is 33.6. The lowest BCUT2D eigenvalue weighted by atomic mass is 9.95. The monoisotopic (exact) mass is 346 g/mol. The van der Waals surface area contributed by atoms with Crippen LogP contribution < -0.4 is 16.1 Å². The molecule has 3 saturated heterocycles. The molecule has 7 nitrogen and oxygen atoms in total. The van der Waals surface area contributed by atoms with Gasteiger partial charge in [0, 0.05) is 12.5 Å². The molecule has 0 saturated carbocycles. The molecule has 0 aromatic heterocycles. The molecule has 3 fully saturated rings. The maximum atomic E-state index is 11.1. The number of rotatable bonds is 4. The van der Waals surface area contributed by atoms with E-state index in [1.54, 1.807) is 18.2 Å². The molecule has 136 valence electrons. The van der Waals surface area contributed by atoms with Crippen LogP contribution in [0.5, 0.6) is 0 Å². The van der Waals surface area contributed by atoms with Crippen molar-refractivity contribution in [3.05, 3.63) is 35.4 Å². The van der Waals surface area contributed by atoms with Crippen LogP contribution in [0.1, 0.15) is 47.8 Å². The first-order valence-corrected chi connectivity index (χ1v) is 9.18. The van der Waals surface area contributed by atoms with Crippen molar-refractivity contribution in [1.82, 2.24) is 21.0 Å². The zero-order chi connectivity index (χ0) is 17.2. The number of carboxylic acids is 1. The summed E-state index contributed by atoms with van der Waals surface area (Å²) < 4.78 is 0. The Labute approximate surface area is 147 Å². The van der Waals surface area contributed by atoms with Gasteiger partial charge < -0.3 is 10.4 Å². The number of piperidine rings is 1. The maximum absolute atomic E-state index is 11.1. The van der Waals surface area contributed by atoms with Crippen molar-refractivity contribution in [1.29, 1.82) is 0 Å². The number of nitrogens with one attached hydrogen (secondary N) is 3. The molecule has 4 atom stereocenters. The summed E-state index contributed by atoms with van der Waals surface area (Å²) in [5.74, 6) is -0.513. The van der Waals surface area contributed by atoms with Gasteiger partial charge in [0.15, 0.2) is 0 Å². The van der Waals surface area contributed by atoms with E-state index < -0.39 is 5.97 Å². The van der Waals surface area contributed by atoms with E-state index in [1.807, 2.05) is 6.07 Å². The quantitative estimate of drug-likeness (QED) is 0.653. The van der Waals surface area contributed by atoms with E-state index in [2.05, 4.69) is 21.0 Å². The molecule has 4 rings (SSSR count). The van der Waals surface area contributed by atoms with Gasteiger partial charge in [-0.1, -0.05) is 12.1 Å². The van der Waals surface area contributed by atoms with Crippen LogP contribution in [0.4, 0.5) is 0 Å². The second-order valence-corrected chi connectivity index (χ2v) is 7.19. The van der Waals surface area contributed by atoms with Crippen LogP contribution in [0, 0.1) is 5.92 Å². The highest BCUT2D eigenvalue weighted by atomic mass is 16.7. The van der Waals surface area contributed by atoms with Gasteiger partial charge in [0.1, 0.15) is 12.4 Å². The maximum Gasteiger partial charge on any atom is 0.335 e. The number of carboxylic acid groups (broad SMARTS) is 1. The summed E-state index contributed by atoms with van der Waals surface area (Å²) >= 11 is 0. The fourth-order valence-corrected chi connectivity index (χ4v) is 4.11. The summed E-state index contributed by atoms with van der Waals surface area (Å²) in [6, 6.07) is 6.95. The van der Waals surface area contributed by atoms with Crippen molar-refractivity contribution < 1.29 is 14.7 Å². The Morgan fingerprint density at radius 1 is 1.24 bits per heavy atom. The van der Waals surface area contributed by atoms with E-state index in [0.717, 1.165) is 24.9 Å². The van der Waals surface area contributed by atoms with Crippen LogP contribution in [-0.2, 0) is 4.84 Å². The van der Waals surface area contributed by atoms with Crippen LogP contribution in [0.25, 0.3) is 0 Å². The van der Waals surface area contributed by atoms with E-state index in [1.165, 1.54) is 25.9 Å². The van der Waals surface area contributed by atoms with Crippen LogP contribution in [0.3, 0.4) is 0 Å². The molecule has 1 aromatic carbocycles. The molecule has 4 N–H and O–H groups in total. The predicted octanol–water partition coefficient (Wildman–Crippen LogP) is 1.26. The lowest BCUT2D eigenvalue weighted by molar-refractivity contribution is -0.0250. The molecule has 0 amide bonds. The number of nitrogens with zero attached hydrogens (tertiary/aromatic N) is 1. The van der Waals surface area contributed by atoms with Gasteiger partial charge in [-0.15, -0.1) is 0 Å². The Bertz CT molecular complexity index is 612. The molecular formula is C18H26N4O3. The summed E-state index contributed by atoms with van der Waals surface area (Å²) in [7, 11) is 0. The average Bonchev–Trinajstić information content (AvgIpc) is 3.34. The van der Waals surface area contributed by atoms with Crippen molar-refractivity contribution in [2.75, 3.05) is 19.6 Å². The molecule has 4 unspecified atom stereocenters. The van der Waals surface area contributed by atoms with Crippen molar-refractivity contribution in [2.24, 2.45) is 5.92 Å². The van der Waals surface area contributed by atoms with Gasteiger partial charge in [0.25, 0.3) is 0 Å². The van der Waals surface area contributed by atoms with Crippen LogP contribution in [0.2, 0.25) is 0 Å². The minimum absolute atomic E-state index is 0.0643. The molecular weight excluding hydrogens is 320 g/mol. The number of hydrogen-bond acceptors (Lipinski definition) is 6. The minimum Gasteiger partial charge on any atom is -0.478 e. The van der Waals surface area contributed by atoms with E-state index in [0.29, 0.717) is 12.1 Å². The third-order valence-corrected chi connectivity index (χ3v) is 5.55. The average molecular weight is 346 g/mol. The van der Waals surface area contributed by atoms with Crippen LogP contribution in [0.15, 0.2) is 24.3 Å². The zero-order valence-corrected chi connectivity index (χ0v) is 14.3. The molecule has 0 radical (unpaired) electrons. The van der Waals surface area contributed by atoms with Gasteiger partial charge in [0.05, 0.1) is 11.7 Å². The first-order valence-electron chi connectivity index (χ1n) is 9.18. The van der Waals surface area contributed by atoms with Gasteiger partial charge in [-0.3, -0.25) is 15.1 Å². The highest BCUT2D eigenvalue weighted by Gasteiger charge is 2.36. The molecule has 0 bridgehead atoms. The molecule has 7 heteroatoms. The van der Waals surface area contributed by atoms with E-state index in [9.17, 15) is 4.79 Å². The number of likely N-dealkylation sites (tertiary alicyclic amines) is 1. The third kappa shape index (κ3) is 3.70. The van der Waals surface area contributed by atoms with Crippen LogP contribution >= 0.6 is 0 Å². The Balaban J connectivity index is 1.32. The zero-order valence-electron chi connectivity index (χ0n) is 14.3. The Morgan fingerprint density at radius 3 is 2.80 bits per heavy atom. The number of benzene rings is 1. The lowest BCUT2D eigenvalue weighted by Crippen LogP contribution is -2.52. The van der Waals surface area contributed by atoms with Gasteiger partial charge in [0.2, 0.25) is 0 Å². The molecule has 25 heavy (non-hydrogen) atoms. The molecule has 3 aliphatic heterocycles. The largest absolute Gasteiger partial charge is 0.478 e. The Kier molecular flexibility index (Phi) is 5.00. The smallest absolute Gasteiger partial charge is 0.335 e. The summed E-state index contributed by atoms with van der Waals surface area (Å²) in [5.41, 5.74) is 4.18. The molecule has 3 aliphatic rings. The van der Waals surface area contributed by atoms with Gasteiger partial charge in [-0.25, -0.2) is 4.79 Å². The third-order valence-electron chi connectivity index (χ3n) is 5.55. The van der Waals surface area contributed by atoms with Crippen molar-refractivity contribution in [3.8, 4) is 0 Å². The number of carbonyl (C=O) groups is 1. The molecule has 3 heterocycles. The summed E-state index contributed by atoms with van der Waals surface area (Å²) in [4.78, 5) is 19.4. The standard InChI is InChI=1S/C18H26N4O3/c23-18(24)13-5-3-4-12(10-13)16-20-17(25-21-16)14-6-7-15(19-11-14)22-8-1-2-9-22/h3-5,10,14-17,19-21H,1-2,6-9,11H2,(H,23,24). The van der Waals surface area contributed by atoms with Gasteiger partial charge in [-0.05, 0) is 56.5 Å². The van der Waals surface area contributed by atoms with Gasteiger partial charge in [-0.2, -0.15) is 5.48 Å².